The third kappa shape index (κ3) is 2.94. The fourth-order valence-corrected chi connectivity index (χ4v) is 4.77. The van der Waals surface area contributed by atoms with Crippen LogP contribution in [0.15, 0.2) is 12.4 Å². The standard InChI is InChI=1S/C19H30N4O2/c1-18(2,3)23-12-15(11-20-23)21-17(24)22-13-19(7-4-8-19)16(22)14-5-9-25-10-6-14/h11-12,14,16H,4-10,13H2,1-3H3,(H,21,24)/t16-/m1/s1. The van der Waals surface area contributed by atoms with Gasteiger partial charge in [-0.05, 0) is 52.4 Å². The zero-order valence-electron chi connectivity index (χ0n) is 15.6. The zero-order valence-corrected chi connectivity index (χ0v) is 15.6. The van der Waals surface area contributed by atoms with Crippen LogP contribution in [0, 0.1) is 11.3 Å². The monoisotopic (exact) mass is 346 g/mol. The highest BCUT2D eigenvalue weighted by atomic mass is 16.5. The average molecular weight is 346 g/mol. The summed E-state index contributed by atoms with van der Waals surface area (Å²) < 4.78 is 7.43. The molecule has 6 nitrogen and oxygen atoms in total. The van der Waals surface area contributed by atoms with E-state index in [1.807, 2.05) is 10.9 Å². The van der Waals surface area contributed by atoms with E-state index in [1.54, 1.807) is 6.20 Å². The number of rotatable bonds is 2. The van der Waals surface area contributed by atoms with Gasteiger partial charge >= 0.3 is 6.03 Å². The maximum absolute atomic E-state index is 12.9. The Morgan fingerprint density at radius 2 is 2.04 bits per heavy atom. The molecular formula is C19H30N4O2. The molecule has 1 spiro atoms. The number of nitrogens with zero attached hydrogens (tertiary/aromatic N) is 3. The molecule has 0 radical (unpaired) electrons. The molecule has 1 N–H and O–H groups in total. The maximum Gasteiger partial charge on any atom is 0.322 e. The van der Waals surface area contributed by atoms with Crippen molar-refractivity contribution in [1.82, 2.24) is 14.7 Å². The van der Waals surface area contributed by atoms with E-state index < -0.39 is 0 Å². The van der Waals surface area contributed by atoms with Crippen LogP contribution in [0.1, 0.15) is 52.9 Å². The second kappa shape index (κ2) is 6.01. The van der Waals surface area contributed by atoms with E-state index >= 15 is 0 Å². The summed E-state index contributed by atoms with van der Waals surface area (Å²) in [5.74, 6) is 0.589. The Bertz CT molecular complexity index is 638. The van der Waals surface area contributed by atoms with Gasteiger partial charge in [0.05, 0.1) is 17.4 Å². The lowest BCUT2D eigenvalue weighted by Gasteiger charge is -2.64. The number of likely N-dealkylation sites (tertiary alicyclic amines) is 1. The fourth-order valence-electron chi connectivity index (χ4n) is 4.77. The predicted molar refractivity (Wildman–Crippen MR) is 96.6 cm³/mol. The van der Waals surface area contributed by atoms with Gasteiger partial charge in [0, 0.05) is 37.4 Å². The van der Waals surface area contributed by atoms with Crippen LogP contribution < -0.4 is 5.32 Å². The number of carbonyl (C=O) groups is 1. The SMILES string of the molecule is CC(C)(C)n1cc(NC(=O)N2CC3(CCC3)[C@H]2C2CCOCC2)cn1. The van der Waals surface area contributed by atoms with Crippen LogP contribution in [-0.4, -0.2) is 46.5 Å². The first-order valence-corrected chi connectivity index (χ1v) is 9.60. The molecule has 138 valence electrons. The van der Waals surface area contributed by atoms with Gasteiger partial charge in [-0.1, -0.05) is 6.42 Å². The van der Waals surface area contributed by atoms with E-state index in [-0.39, 0.29) is 11.6 Å². The van der Waals surface area contributed by atoms with E-state index in [1.165, 1.54) is 19.3 Å². The third-order valence-corrected chi connectivity index (χ3v) is 6.29. The summed E-state index contributed by atoms with van der Waals surface area (Å²) in [6.07, 6.45) is 9.69. The number of hydrogen-bond acceptors (Lipinski definition) is 3. The van der Waals surface area contributed by atoms with Crippen molar-refractivity contribution in [1.29, 1.82) is 0 Å². The Balaban J connectivity index is 1.45. The Labute approximate surface area is 149 Å². The van der Waals surface area contributed by atoms with Crippen LogP contribution in [-0.2, 0) is 10.3 Å². The largest absolute Gasteiger partial charge is 0.381 e. The maximum atomic E-state index is 12.9. The molecule has 3 fully saturated rings. The van der Waals surface area contributed by atoms with Gasteiger partial charge in [-0.2, -0.15) is 5.10 Å². The van der Waals surface area contributed by atoms with Crippen LogP contribution in [0.2, 0.25) is 0 Å². The molecule has 3 heterocycles. The molecule has 1 aromatic heterocycles. The van der Waals surface area contributed by atoms with Crippen LogP contribution in [0.5, 0.6) is 0 Å². The van der Waals surface area contributed by atoms with Gasteiger partial charge in [0.1, 0.15) is 0 Å². The zero-order chi connectivity index (χ0) is 17.7. The van der Waals surface area contributed by atoms with E-state index in [9.17, 15) is 4.79 Å². The molecule has 0 aromatic carbocycles. The summed E-state index contributed by atoms with van der Waals surface area (Å²) in [5, 5.41) is 7.44. The van der Waals surface area contributed by atoms with Crippen molar-refractivity contribution in [2.24, 2.45) is 11.3 Å². The molecule has 2 aliphatic heterocycles. The Morgan fingerprint density at radius 1 is 1.32 bits per heavy atom. The predicted octanol–water partition coefficient (Wildman–Crippen LogP) is 3.45. The van der Waals surface area contributed by atoms with E-state index in [4.69, 9.17) is 4.74 Å². The van der Waals surface area contributed by atoms with E-state index in [0.29, 0.717) is 17.4 Å². The lowest BCUT2D eigenvalue weighted by Crippen LogP contribution is -2.72. The Hall–Kier alpha value is -1.56. The van der Waals surface area contributed by atoms with Gasteiger partial charge in [0.2, 0.25) is 0 Å². The van der Waals surface area contributed by atoms with E-state index in [2.05, 4.69) is 36.1 Å². The summed E-state index contributed by atoms with van der Waals surface area (Å²) in [5.41, 5.74) is 1.09. The van der Waals surface area contributed by atoms with Gasteiger partial charge in [-0.15, -0.1) is 0 Å². The van der Waals surface area contributed by atoms with Crippen molar-refractivity contribution in [3.63, 3.8) is 0 Å². The normalized spacial score (nSPS) is 26.2. The first-order chi connectivity index (χ1) is 11.9. The highest BCUT2D eigenvalue weighted by Gasteiger charge is 2.59. The fraction of sp³-hybridized carbons (Fsp3) is 0.789. The van der Waals surface area contributed by atoms with Crippen molar-refractivity contribution in [3.8, 4) is 0 Å². The number of aromatic nitrogens is 2. The molecule has 1 aromatic rings. The summed E-state index contributed by atoms with van der Waals surface area (Å²) in [4.78, 5) is 15.0. The molecule has 1 aliphatic carbocycles. The smallest absolute Gasteiger partial charge is 0.322 e. The topological polar surface area (TPSA) is 59.4 Å². The molecule has 4 rings (SSSR count). The highest BCUT2D eigenvalue weighted by Crippen LogP contribution is 2.56. The lowest BCUT2D eigenvalue weighted by molar-refractivity contribution is -0.135. The van der Waals surface area contributed by atoms with Crippen LogP contribution >= 0.6 is 0 Å². The summed E-state index contributed by atoms with van der Waals surface area (Å²) >= 11 is 0. The summed E-state index contributed by atoms with van der Waals surface area (Å²) in [6.45, 7) is 8.89. The molecule has 0 unspecified atom stereocenters. The second-order valence-corrected chi connectivity index (χ2v) is 9.01. The van der Waals surface area contributed by atoms with Gasteiger partial charge in [-0.25, -0.2) is 4.79 Å². The van der Waals surface area contributed by atoms with Gasteiger partial charge in [0.15, 0.2) is 0 Å². The molecule has 1 atom stereocenters. The lowest BCUT2D eigenvalue weighted by atomic mass is 9.54. The van der Waals surface area contributed by atoms with E-state index in [0.717, 1.165) is 38.3 Å². The minimum Gasteiger partial charge on any atom is -0.381 e. The quantitative estimate of drug-likeness (QED) is 0.892. The molecule has 25 heavy (non-hydrogen) atoms. The Kier molecular flexibility index (Phi) is 4.06. The molecule has 1 saturated carbocycles. The number of anilines is 1. The van der Waals surface area contributed by atoms with Crippen molar-refractivity contribution >= 4 is 11.7 Å². The van der Waals surface area contributed by atoms with Gasteiger partial charge in [-0.3, -0.25) is 4.68 Å². The molecule has 0 bridgehead atoms. The molecule has 2 saturated heterocycles. The minimum absolute atomic E-state index is 0.0301. The number of nitrogens with one attached hydrogen (secondary N) is 1. The van der Waals surface area contributed by atoms with Crippen LogP contribution in [0.25, 0.3) is 0 Å². The number of urea groups is 1. The van der Waals surface area contributed by atoms with Crippen LogP contribution in [0.4, 0.5) is 10.5 Å². The summed E-state index contributed by atoms with van der Waals surface area (Å²) in [6, 6.07) is 0.422. The van der Waals surface area contributed by atoms with Gasteiger partial charge < -0.3 is 15.0 Å². The molecular weight excluding hydrogens is 316 g/mol. The van der Waals surface area contributed by atoms with Crippen LogP contribution in [0.3, 0.4) is 0 Å². The number of hydrogen-bond donors (Lipinski definition) is 1. The van der Waals surface area contributed by atoms with Crippen molar-refractivity contribution < 1.29 is 9.53 Å². The van der Waals surface area contributed by atoms with Crippen molar-refractivity contribution in [3.05, 3.63) is 12.4 Å². The van der Waals surface area contributed by atoms with Gasteiger partial charge in [0.25, 0.3) is 0 Å². The second-order valence-electron chi connectivity index (χ2n) is 9.01. The third-order valence-electron chi connectivity index (χ3n) is 6.29. The average Bonchev–Trinajstić information content (AvgIpc) is 2.94. The highest BCUT2D eigenvalue weighted by molar-refractivity contribution is 5.90. The molecule has 3 aliphatic rings. The number of amides is 2. The number of carbonyl (C=O) groups excluding carboxylic acids is 1. The minimum atomic E-state index is -0.0830. The number of ether oxygens (including phenoxy) is 1. The molecule has 6 heteroatoms. The molecule has 2 amide bonds. The Morgan fingerprint density at radius 3 is 2.60 bits per heavy atom. The summed E-state index contributed by atoms with van der Waals surface area (Å²) in [7, 11) is 0. The first kappa shape index (κ1) is 16.9. The van der Waals surface area contributed by atoms with Crippen molar-refractivity contribution in [2.75, 3.05) is 25.1 Å². The van der Waals surface area contributed by atoms with Crippen molar-refractivity contribution in [2.45, 2.75) is 64.5 Å². The first-order valence-electron chi connectivity index (χ1n) is 9.60.